The van der Waals surface area contributed by atoms with Gasteiger partial charge in [0.15, 0.2) is 0 Å². The van der Waals surface area contributed by atoms with E-state index in [-0.39, 0.29) is 0 Å². The highest BCUT2D eigenvalue weighted by Gasteiger charge is 2.08. The quantitative estimate of drug-likeness (QED) is 0.791. The first-order valence-corrected chi connectivity index (χ1v) is 6.87. The molecule has 1 aromatic heterocycles. The molecule has 0 aliphatic heterocycles. The van der Waals surface area contributed by atoms with Crippen LogP contribution in [0.15, 0.2) is 42.5 Å². The third-order valence-corrected chi connectivity index (χ3v) is 3.76. The minimum Gasteiger partial charge on any atom is -0.331 e. The van der Waals surface area contributed by atoms with E-state index in [2.05, 4.69) is 61.0 Å². The van der Waals surface area contributed by atoms with Gasteiger partial charge in [-0.3, -0.25) is 0 Å². The van der Waals surface area contributed by atoms with E-state index in [4.69, 9.17) is 10.7 Å². The summed E-state index contributed by atoms with van der Waals surface area (Å²) in [4.78, 5) is 4.75. The Balaban J connectivity index is 1.99. The minimum atomic E-state index is 0.555. The lowest BCUT2D eigenvalue weighted by molar-refractivity contribution is 0.844. The lowest BCUT2D eigenvalue weighted by Gasteiger charge is -2.03. The summed E-state index contributed by atoms with van der Waals surface area (Å²) in [6.07, 6.45) is 0.851. The zero-order chi connectivity index (χ0) is 14.1. The Kier molecular flexibility index (Phi) is 3.28. The predicted octanol–water partition coefficient (Wildman–Crippen LogP) is 2.93. The number of nitrogens with zero attached hydrogens (tertiary/aromatic N) is 2. The standard InChI is InChI=1S/C17H19N3/c1-12-3-5-13(6-4-12)10-17-19-15-9-14(11-18)7-8-16(15)20(17)2/h3-9H,10-11,18H2,1-2H3. The number of aromatic nitrogens is 2. The van der Waals surface area contributed by atoms with Crippen molar-refractivity contribution in [3.05, 3.63) is 65.0 Å². The van der Waals surface area contributed by atoms with E-state index in [9.17, 15) is 0 Å². The Morgan fingerprint density at radius 2 is 1.75 bits per heavy atom. The van der Waals surface area contributed by atoms with Gasteiger partial charge in [0, 0.05) is 20.0 Å². The summed E-state index contributed by atoms with van der Waals surface area (Å²) < 4.78 is 2.16. The number of fused-ring (bicyclic) bond motifs is 1. The van der Waals surface area contributed by atoms with E-state index in [1.54, 1.807) is 0 Å². The Morgan fingerprint density at radius 3 is 2.45 bits per heavy atom. The molecule has 1 heterocycles. The molecule has 102 valence electrons. The first-order chi connectivity index (χ1) is 9.67. The van der Waals surface area contributed by atoms with Gasteiger partial charge < -0.3 is 10.3 Å². The molecular weight excluding hydrogens is 246 g/mol. The SMILES string of the molecule is Cc1ccc(Cc2nc3cc(CN)ccc3n2C)cc1. The zero-order valence-electron chi connectivity index (χ0n) is 11.9. The second kappa shape index (κ2) is 5.10. The van der Waals surface area contributed by atoms with E-state index >= 15 is 0 Å². The number of nitrogens with two attached hydrogens (primary N) is 1. The van der Waals surface area contributed by atoms with E-state index < -0.39 is 0 Å². The van der Waals surface area contributed by atoms with Gasteiger partial charge in [-0.2, -0.15) is 0 Å². The average molecular weight is 265 g/mol. The van der Waals surface area contributed by atoms with Crippen LogP contribution in [0.2, 0.25) is 0 Å². The van der Waals surface area contributed by atoms with Crippen molar-refractivity contribution in [3.63, 3.8) is 0 Å². The highest BCUT2D eigenvalue weighted by molar-refractivity contribution is 5.76. The first-order valence-electron chi connectivity index (χ1n) is 6.87. The summed E-state index contributed by atoms with van der Waals surface area (Å²) in [5.41, 5.74) is 11.6. The Morgan fingerprint density at radius 1 is 1.05 bits per heavy atom. The molecular formula is C17H19N3. The van der Waals surface area contributed by atoms with Crippen molar-refractivity contribution in [3.8, 4) is 0 Å². The average Bonchev–Trinajstić information content (AvgIpc) is 2.77. The van der Waals surface area contributed by atoms with Crippen molar-refractivity contribution in [1.82, 2.24) is 9.55 Å². The van der Waals surface area contributed by atoms with Crippen LogP contribution in [0.4, 0.5) is 0 Å². The highest BCUT2D eigenvalue weighted by atomic mass is 15.1. The van der Waals surface area contributed by atoms with E-state index in [1.807, 2.05) is 0 Å². The summed E-state index contributed by atoms with van der Waals surface area (Å²) in [5, 5.41) is 0. The van der Waals surface area contributed by atoms with Gasteiger partial charge in [-0.15, -0.1) is 0 Å². The zero-order valence-corrected chi connectivity index (χ0v) is 11.9. The fraction of sp³-hybridized carbons (Fsp3) is 0.235. The molecule has 20 heavy (non-hydrogen) atoms. The van der Waals surface area contributed by atoms with Gasteiger partial charge in [-0.25, -0.2) is 4.98 Å². The van der Waals surface area contributed by atoms with Crippen LogP contribution < -0.4 is 5.73 Å². The lowest BCUT2D eigenvalue weighted by Crippen LogP contribution is -1.99. The van der Waals surface area contributed by atoms with Crippen LogP contribution in [-0.2, 0) is 20.0 Å². The maximum absolute atomic E-state index is 5.69. The number of imidazole rings is 1. The second-order valence-corrected chi connectivity index (χ2v) is 5.28. The van der Waals surface area contributed by atoms with Gasteiger partial charge >= 0.3 is 0 Å². The minimum absolute atomic E-state index is 0.555. The highest BCUT2D eigenvalue weighted by Crippen LogP contribution is 2.19. The third kappa shape index (κ3) is 2.32. The van der Waals surface area contributed by atoms with Crippen LogP contribution in [-0.4, -0.2) is 9.55 Å². The molecule has 0 aliphatic carbocycles. The molecule has 0 amide bonds. The topological polar surface area (TPSA) is 43.8 Å². The molecule has 2 aromatic carbocycles. The van der Waals surface area contributed by atoms with Gasteiger partial charge in [0.05, 0.1) is 11.0 Å². The van der Waals surface area contributed by atoms with E-state index in [1.165, 1.54) is 11.1 Å². The molecule has 2 N–H and O–H groups in total. The lowest BCUT2D eigenvalue weighted by atomic mass is 10.1. The number of hydrogen-bond acceptors (Lipinski definition) is 2. The number of aryl methyl sites for hydroxylation is 2. The molecule has 0 fully saturated rings. The normalized spacial score (nSPS) is 11.2. The number of rotatable bonds is 3. The molecule has 0 saturated heterocycles. The largest absolute Gasteiger partial charge is 0.331 e. The summed E-state index contributed by atoms with van der Waals surface area (Å²) >= 11 is 0. The molecule has 0 unspecified atom stereocenters. The molecule has 3 rings (SSSR count). The Hall–Kier alpha value is -2.13. The van der Waals surface area contributed by atoms with Crippen molar-refractivity contribution in [2.45, 2.75) is 19.9 Å². The van der Waals surface area contributed by atoms with Crippen LogP contribution in [0.1, 0.15) is 22.5 Å². The summed E-state index contributed by atoms with van der Waals surface area (Å²) in [6, 6.07) is 14.9. The first kappa shape index (κ1) is 12.9. The Bertz CT molecular complexity index is 739. The molecule has 0 saturated carbocycles. The van der Waals surface area contributed by atoms with E-state index in [0.717, 1.165) is 28.8 Å². The molecule has 0 aliphatic rings. The molecule has 0 radical (unpaired) electrons. The number of benzene rings is 2. The molecule has 0 atom stereocenters. The monoisotopic (exact) mass is 265 g/mol. The van der Waals surface area contributed by atoms with Crippen LogP contribution in [0, 0.1) is 6.92 Å². The predicted molar refractivity (Wildman–Crippen MR) is 82.6 cm³/mol. The van der Waals surface area contributed by atoms with Crippen LogP contribution in [0.5, 0.6) is 0 Å². The summed E-state index contributed by atoms with van der Waals surface area (Å²) in [6.45, 7) is 2.66. The summed E-state index contributed by atoms with van der Waals surface area (Å²) in [5.74, 6) is 1.08. The van der Waals surface area contributed by atoms with Gasteiger partial charge in [0.25, 0.3) is 0 Å². The second-order valence-electron chi connectivity index (χ2n) is 5.28. The summed E-state index contributed by atoms with van der Waals surface area (Å²) in [7, 11) is 2.07. The van der Waals surface area contributed by atoms with Gasteiger partial charge in [0.1, 0.15) is 5.82 Å². The van der Waals surface area contributed by atoms with Crippen LogP contribution in [0.25, 0.3) is 11.0 Å². The van der Waals surface area contributed by atoms with Gasteiger partial charge in [0.2, 0.25) is 0 Å². The fourth-order valence-electron chi connectivity index (χ4n) is 2.47. The maximum atomic E-state index is 5.69. The Labute approximate surface area is 119 Å². The van der Waals surface area contributed by atoms with Crippen LogP contribution in [0.3, 0.4) is 0 Å². The van der Waals surface area contributed by atoms with Crippen molar-refractivity contribution in [2.24, 2.45) is 12.8 Å². The third-order valence-electron chi connectivity index (χ3n) is 3.76. The molecule has 3 nitrogen and oxygen atoms in total. The molecule has 3 heteroatoms. The fourth-order valence-corrected chi connectivity index (χ4v) is 2.47. The van der Waals surface area contributed by atoms with E-state index in [0.29, 0.717) is 6.54 Å². The van der Waals surface area contributed by atoms with Crippen LogP contribution >= 0.6 is 0 Å². The van der Waals surface area contributed by atoms with Crippen molar-refractivity contribution >= 4 is 11.0 Å². The van der Waals surface area contributed by atoms with Gasteiger partial charge in [-0.05, 0) is 30.2 Å². The van der Waals surface area contributed by atoms with Crippen molar-refractivity contribution in [1.29, 1.82) is 0 Å². The molecule has 0 bridgehead atoms. The van der Waals surface area contributed by atoms with Crippen molar-refractivity contribution < 1.29 is 0 Å². The molecule has 0 spiro atoms. The number of hydrogen-bond donors (Lipinski definition) is 1. The van der Waals surface area contributed by atoms with Crippen molar-refractivity contribution in [2.75, 3.05) is 0 Å². The van der Waals surface area contributed by atoms with Gasteiger partial charge in [-0.1, -0.05) is 35.9 Å². The maximum Gasteiger partial charge on any atom is 0.114 e. The smallest absolute Gasteiger partial charge is 0.114 e. The molecule has 3 aromatic rings.